The second-order valence-electron chi connectivity index (χ2n) is 7.08. The first kappa shape index (κ1) is 19.2. The SMILES string of the molecule is CCN1CCN(c2ccccc2NC(=O)c2ccc(OC(C)C)cc2)CC1. The van der Waals surface area contributed by atoms with Gasteiger partial charge in [-0.25, -0.2) is 0 Å². The van der Waals surface area contributed by atoms with Crippen LogP contribution in [0.25, 0.3) is 0 Å². The number of anilines is 2. The van der Waals surface area contributed by atoms with Crippen LogP contribution in [0.3, 0.4) is 0 Å². The Morgan fingerprint density at radius 2 is 1.70 bits per heavy atom. The summed E-state index contributed by atoms with van der Waals surface area (Å²) in [6.07, 6.45) is 0.115. The fourth-order valence-electron chi connectivity index (χ4n) is 3.31. The van der Waals surface area contributed by atoms with Crippen LogP contribution >= 0.6 is 0 Å². The molecule has 2 aromatic rings. The molecule has 0 aromatic heterocycles. The Labute approximate surface area is 161 Å². The highest BCUT2D eigenvalue weighted by Crippen LogP contribution is 2.27. The maximum absolute atomic E-state index is 12.7. The van der Waals surface area contributed by atoms with Gasteiger partial charge in [0.1, 0.15) is 5.75 Å². The maximum atomic E-state index is 12.7. The van der Waals surface area contributed by atoms with Crippen LogP contribution in [0.2, 0.25) is 0 Å². The molecule has 0 unspecified atom stereocenters. The Kier molecular flexibility index (Phi) is 6.35. The number of carbonyl (C=O) groups is 1. The summed E-state index contributed by atoms with van der Waals surface area (Å²) >= 11 is 0. The van der Waals surface area contributed by atoms with Crippen molar-refractivity contribution in [1.82, 2.24) is 4.90 Å². The molecule has 5 nitrogen and oxygen atoms in total. The number of benzene rings is 2. The van der Waals surface area contributed by atoms with Crippen LogP contribution in [0.5, 0.6) is 5.75 Å². The normalized spacial score (nSPS) is 15.0. The molecule has 1 heterocycles. The maximum Gasteiger partial charge on any atom is 0.255 e. The molecule has 1 aliphatic heterocycles. The van der Waals surface area contributed by atoms with E-state index < -0.39 is 0 Å². The molecular weight excluding hydrogens is 338 g/mol. The summed E-state index contributed by atoms with van der Waals surface area (Å²) < 4.78 is 5.64. The standard InChI is InChI=1S/C22H29N3O2/c1-4-24-13-15-25(16-14-24)21-8-6-5-7-20(21)23-22(26)18-9-11-19(12-10-18)27-17(2)3/h5-12,17H,4,13-16H2,1-3H3,(H,23,26). The number of nitrogens with zero attached hydrogens (tertiary/aromatic N) is 2. The first-order chi connectivity index (χ1) is 13.1. The lowest BCUT2D eigenvalue weighted by molar-refractivity contribution is 0.102. The van der Waals surface area contributed by atoms with Crippen molar-refractivity contribution in [2.45, 2.75) is 26.9 Å². The number of hydrogen-bond donors (Lipinski definition) is 1. The van der Waals surface area contributed by atoms with E-state index in [-0.39, 0.29) is 12.0 Å². The topological polar surface area (TPSA) is 44.8 Å². The lowest BCUT2D eigenvalue weighted by Gasteiger charge is -2.36. The third-order valence-corrected chi connectivity index (χ3v) is 4.80. The zero-order valence-corrected chi connectivity index (χ0v) is 16.4. The van der Waals surface area contributed by atoms with E-state index in [0.717, 1.165) is 49.8 Å². The average molecular weight is 367 g/mol. The van der Waals surface area contributed by atoms with Crippen LogP contribution in [-0.4, -0.2) is 49.6 Å². The van der Waals surface area contributed by atoms with Crippen LogP contribution in [0.15, 0.2) is 48.5 Å². The van der Waals surface area contributed by atoms with Crippen LogP contribution in [0, 0.1) is 0 Å². The first-order valence-corrected chi connectivity index (χ1v) is 9.71. The summed E-state index contributed by atoms with van der Waals surface area (Å²) in [4.78, 5) is 17.5. The van der Waals surface area contributed by atoms with Gasteiger partial charge >= 0.3 is 0 Å². The minimum Gasteiger partial charge on any atom is -0.491 e. The highest BCUT2D eigenvalue weighted by atomic mass is 16.5. The number of carbonyl (C=O) groups excluding carboxylic acids is 1. The first-order valence-electron chi connectivity index (χ1n) is 9.71. The average Bonchev–Trinajstić information content (AvgIpc) is 2.68. The van der Waals surface area contributed by atoms with Crippen molar-refractivity contribution in [2.75, 3.05) is 42.9 Å². The van der Waals surface area contributed by atoms with Gasteiger partial charge in [-0.3, -0.25) is 4.79 Å². The number of rotatable bonds is 6. The summed E-state index contributed by atoms with van der Waals surface area (Å²) in [7, 11) is 0. The molecule has 144 valence electrons. The van der Waals surface area contributed by atoms with Gasteiger partial charge in [0.15, 0.2) is 0 Å². The van der Waals surface area contributed by atoms with E-state index in [1.165, 1.54) is 0 Å². The molecule has 0 atom stereocenters. The molecule has 1 N–H and O–H groups in total. The molecule has 0 spiro atoms. The van der Waals surface area contributed by atoms with Gasteiger partial charge in [0.25, 0.3) is 5.91 Å². The Morgan fingerprint density at radius 1 is 1.04 bits per heavy atom. The second kappa shape index (κ2) is 8.91. The molecule has 0 aliphatic carbocycles. The number of amides is 1. The molecule has 3 rings (SSSR count). The molecule has 27 heavy (non-hydrogen) atoms. The minimum absolute atomic E-state index is 0.106. The fraction of sp³-hybridized carbons (Fsp3) is 0.409. The van der Waals surface area contributed by atoms with E-state index in [0.29, 0.717) is 5.56 Å². The van der Waals surface area contributed by atoms with Crippen molar-refractivity contribution in [3.05, 3.63) is 54.1 Å². The highest BCUT2D eigenvalue weighted by molar-refractivity contribution is 6.06. The van der Waals surface area contributed by atoms with Crippen molar-refractivity contribution >= 4 is 17.3 Å². The zero-order chi connectivity index (χ0) is 19.2. The zero-order valence-electron chi connectivity index (χ0n) is 16.4. The molecule has 5 heteroatoms. The lowest BCUT2D eigenvalue weighted by Crippen LogP contribution is -2.46. The van der Waals surface area contributed by atoms with Crippen molar-refractivity contribution in [3.8, 4) is 5.75 Å². The van der Waals surface area contributed by atoms with Crippen LogP contribution in [0.4, 0.5) is 11.4 Å². The van der Waals surface area contributed by atoms with E-state index in [2.05, 4.69) is 28.1 Å². The number of nitrogens with one attached hydrogen (secondary N) is 1. The fourth-order valence-corrected chi connectivity index (χ4v) is 3.31. The number of piperazine rings is 1. The molecule has 1 saturated heterocycles. The van der Waals surface area contributed by atoms with Gasteiger partial charge in [-0.2, -0.15) is 0 Å². The predicted molar refractivity (Wildman–Crippen MR) is 111 cm³/mol. The third kappa shape index (κ3) is 5.01. The number of likely N-dealkylation sites (N-methyl/N-ethyl adjacent to an activating group) is 1. The van der Waals surface area contributed by atoms with Gasteiger partial charge in [0, 0.05) is 31.7 Å². The molecule has 1 fully saturated rings. The Morgan fingerprint density at radius 3 is 2.33 bits per heavy atom. The summed E-state index contributed by atoms with van der Waals surface area (Å²) in [6.45, 7) is 11.3. The summed E-state index contributed by atoms with van der Waals surface area (Å²) in [5, 5.41) is 3.07. The van der Waals surface area contributed by atoms with Gasteiger partial charge in [-0.1, -0.05) is 19.1 Å². The molecule has 1 aliphatic rings. The summed E-state index contributed by atoms with van der Waals surface area (Å²) in [5.74, 6) is 0.668. The largest absolute Gasteiger partial charge is 0.491 e. The van der Waals surface area contributed by atoms with Gasteiger partial charge in [0.2, 0.25) is 0 Å². The quantitative estimate of drug-likeness (QED) is 0.842. The van der Waals surface area contributed by atoms with E-state index in [1.54, 1.807) is 12.1 Å². The Hall–Kier alpha value is -2.53. The number of hydrogen-bond acceptors (Lipinski definition) is 4. The van der Waals surface area contributed by atoms with Crippen molar-refractivity contribution in [2.24, 2.45) is 0 Å². The van der Waals surface area contributed by atoms with E-state index in [1.807, 2.05) is 44.2 Å². The molecule has 1 amide bonds. The second-order valence-corrected chi connectivity index (χ2v) is 7.08. The monoisotopic (exact) mass is 367 g/mol. The van der Waals surface area contributed by atoms with Gasteiger partial charge < -0.3 is 19.9 Å². The van der Waals surface area contributed by atoms with Crippen molar-refractivity contribution in [1.29, 1.82) is 0 Å². The molecule has 0 radical (unpaired) electrons. The number of para-hydroxylation sites is 2. The smallest absolute Gasteiger partial charge is 0.255 e. The van der Waals surface area contributed by atoms with E-state index in [4.69, 9.17) is 4.74 Å². The van der Waals surface area contributed by atoms with E-state index >= 15 is 0 Å². The summed E-state index contributed by atoms with van der Waals surface area (Å²) in [5.41, 5.74) is 2.56. The van der Waals surface area contributed by atoms with E-state index in [9.17, 15) is 4.79 Å². The highest BCUT2D eigenvalue weighted by Gasteiger charge is 2.19. The predicted octanol–water partition coefficient (Wildman–Crippen LogP) is 3.87. The molecule has 0 saturated carbocycles. The van der Waals surface area contributed by atoms with Crippen molar-refractivity contribution in [3.63, 3.8) is 0 Å². The van der Waals surface area contributed by atoms with Crippen molar-refractivity contribution < 1.29 is 9.53 Å². The Bertz CT molecular complexity index is 750. The van der Waals surface area contributed by atoms with Gasteiger partial charge in [0.05, 0.1) is 17.5 Å². The third-order valence-electron chi connectivity index (χ3n) is 4.80. The van der Waals surface area contributed by atoms with Gasteiger partial charge in [-0.15, -0.1) is 0 Å². The Balaban J connectivity index is 1.69. The molecule has 2 aromatic carbocycles. The van der Waals surface area contributed by atoms with Crippen LogP contribution in [0.1, 0.15) is 31.1 Å². The summed E-state index contributed by atoms with van der Waals surface area (Å²) in [6, 6.07) is 15.3. The lowest BCUT2D eigenvalue weighted by atomic mass is 10.1. The molecule has 0 bridgehead atoms. The number of ether oxygens (including phenoxy) is 1. The molecular formula is C22H29N3O2. The van der Waals surface area contributed by atoms with Gasteiger partial charge in [-0.05, 0) is 56.8 Å². The van der Waals surface area contributed by atoms with Crippen LogP contribution < -0.4 is 15.0 Å². The minimum atomic E-state index is -0.106. The van der Waals surface area contributed by atoms with Crippen LogP contribution in [-0.2, 0) is 0 Å².